The molecule has 0 fully saturated rings. The van der Waals surface area contributed by atoms with Crippen molar-refractivity contribution in [2.45, 2.75) is 6.54 Å². The lowest BCUT2D eigenvalue weighted by molar-refractivity contribution is 0.288. The first-order valence-electron chi connectivity index (χ1n) is 6.40. The van der Waals surface area contributed by atoms with Crippen molar-refractivity contribution in [2.75, 3.05) is 13.7 Å². The van der Waals surface area contributed by atoms with Gasteiger partial charge < -0.3 is 9.80 Å². The first kappa shape index (κ1) is 12.6. The predicted octanol–water partition coefficient (Wildman–Crippen LogP) is 2.46. The van der Waals surface area contributed by atoms with E-state index in [1.807, 2.05) is 25.5 Å². The standard InChI is InChI=1S/C15H15FN4/c1-19-5-6-20(11-19)10-14-8-17-9-15(18-14)12-3-2-4-13(16)7-12/h2-9H,10-11H2,1H3. The highest BCUT2D eigenvalue weighted by Gasteiger charge is 2.10. The van der Waals surface area contributed by atoms with Crippen molar-refractivity contribution in [3.05, 3.63) is 60.6 Å². The molecular formula is C15H15FN4. The molecule has 3 rings (SSSR count). The molecule has 0 amide bonds. The Morgan fingerprint density at radius 2 is 2.15 bits per heavy atom. The summed E-state index contributed by atoms with van der Waals surface area (Å²) >= 11 is 0. The maximum absolute atomic E-state index is 13.3. The van der Waals surface area contributed by atoms with E-state index in [1.165, 1.54) is 12.1 Å². The summed E-state index contributed by atoms with van der Waals surface area (Å²) in [7, 11) is 2.02. The Morgan fingerprint density at radius 1 is 1.25 bits per heavy atom. The van der Waals surface area contributed by atoms with Gasteiger partial charge in [0.25, 0.3) is 0 Å². The van der Waals surface area contributed by atoms with Crippen LogP contribution in [0.4, 0.5) is 4.39 Å². The van der Waals surface area contributed by atoms with E-state index in [0.717, 1.165) is 17.9 Å². The van der Waals surface area contributed by atoms with E-state index >= 15 is 0 Å². The van der Waals surface area contributed by atoms with E-state index in [-0.39, 0.29) is 5.82 Å². The maximum atomic E-state index is 13.3. The third kappa shape index (κ3) is 2.77. The Morgan fingerprint density at radius 3 is 2.90 bits per heavy atom. The zero-order chi connectivity index (χ0) is 13.9. The Labute approximate surface area is 117 Å². The van der Waals surface area contributed by atoms with Crippen LogP contribution in [0, 0.1) is 5.82 Å². The number of nitrogens with zero attached hydrogens (tertiary/aromatic N) is 4. The minimum absolute atomic E-state index is 0.265. The molecule has 4 nitrogen and oxygen atoms in total. The molecule has 0 spiro atoms. The van der Waals surface area contributed by atoms with E-state index in [1.54, 1.807) is 18.5 Å². The average molecular weight is 270 g/mol. The van der Waals surface area contributed by atoms with Gasteiger partial charge in [-0.3, -0.25) is 4.98 Å². The van der Waals surface area contributed by atoms with Crippen LogP contribution >= 0.6 is 0 Å². The predicted molar refractivity (Wildman–Crippen MR) is 74.7 cm³/mol. The van der Waals surface area contributed by atoms with Gasteiger partial charge in [0.05, 0.1) is 37.0 Å². The molecule has 1 aromatic heterocycles. The highest BCUT2D eigenvalue weighted by Crippen LogP contribution is 2.18. The second kappa shape index (κ2) is 5.28. The third-order valence-electron chi connectivity index (χ3n) is 3.11. The van der Waals surface area contributed by atoms with Crippen molar-refractivity contribution in [2.24, 2.45) is 0 Å². The van der Waals surface area contributed by atoms with Crippen LogP contribution < -0.4 is 0 Å². The number of aromatic nitrogens is 2. The van der Waals surface area contributed by atoms with Crippen molar-refractivity contribution < 1.29 is 4.39 Å². The summed E-state index contributed by atoms with van der Waals surface area (Å²) in [6.45, 7) is 1.53. The third-order valence-corrected chi connectivity index (χ3v) is 3.11. The normalized spacial score (nSPS) is 14.1. The molecule has 2 heterocycles. The average Bonchev–Trinajstić information content (AvgIpc) is 2.84. The Kier molecular flexibility index (Phi) is 3.33. The molecule has 0 bridgehead atoms. The van der Waals surface area contributed by atoms with Crippen LogP contribution in [0.3, 0.4) is 0 Å². The van der Waals surface area contributed by atoms with Gasteiger partial charge in [-0.25, -0.2) is 9.37 Å². The molecule has 1 aliphatic rings. The largest absolute Gasteiger partial charge is 0.362 e. The summed E-state index contributed by atoms with van der Waals surface area (Å²) in [6.07, 6.45) is 7.44. The van der Waals surface area contributed by atoms with Gasteiger partial charge in [-0.15, -0.1) is 0 Å². The van der Waals surface area contributed by atoms with Gasteiger partial charge in [-0.1, -0.05) is 12.1 Å². The van der Waals surface area contributed by atoms with Crippen molar-refractivity contribution in [3.8, 4) is 11.3 Å². The molecule has 0 radical (unpaired) electrons. The van der Waals surface area contributed by atoms with Gasteiger partial charge in [-0.2, -0.15) is 0 Å². The first-order chi connectivity index (χ1) is 9.70. The van der Waals surface area contributed by atoms with Gasteiger partial charge in [0.1, 0.15) is 5.82 Å². The summed E-state index contributed by atoms with van der Waals surface area (Å²) < 4.78 is 13.3. The number of hydrogen-bond donors (Lipinski definition) is 0. The summed E-state index contributed by atoms with van der Waals surface area (Å²) in [4.78, 5) is 13.0. The fourth-order valence-corrected chi connectivity index (χ4v) is 2.17. The lowest BCUT2D eigenvalue weighted by Crippen LogP contribution is -2.22. The van der Waals surface area contributed by atoms with Crippen LogP contribution in [-0.2, 0) is 6.54 Å². The topological polar surface area (TPSA) is 32.3 Å². The molecule has 1 aliphatic heterocycles. The lowest BCUT2D eigenvalue weighted by Gasteiger charge is -2.17. The first-order valence-corrected chi connectivity index (χ1v) is 6.40. The molecule has 0 atom stereocenters. The van der Waals surface area contributed by atoms with Crippen LogP contribution in [0.1, 0.15) is 5.69 Å². The Balaban J connectivity index is 1.81. The zero-order valence-electron chi connectivity index (χ0n) is 11.2. The number of hydrogen-bond acceptors (Lipinski definition) is 4. The number of benzene rings is 1. The fourth-order valence-electron chi connectivity index (χ4n) is 2.17. The second-order valence-corrected chi connectivity index (χ2v) is 4.85. The van der Waals surface area contributed by atoms with Gasteiger partial charge in [-0.05, 0) is 12.1 Å². The van der Waals surface area contributed by atoms with Crippen molar-refractivity contribution in [3.63, 3.8) is 0 Å². The minimum atomic E-state index is -0.265. The van der Waals surface area contributed by atoms with E-state index in [4.69, 9.17) is 0 Å². The highest BCUT2D eigenvalue weighted by atomic mass is 19.1. The summed E-state index contributed by atoms with van der Waals surface area (Å²) in [5, 5.41) is 0. The zero-order valence-corrected chi connectivity index (χ0v) is 11.2. The number of halogens is 1. The van der Waals surface area contributed by atoms with Crippen molar-refractivity contribution in [1.29, 1.82) is 0 Å². The molecule has 5 heteroatoms. The summed E-state index contributed by atoms with van der Waals surface area (Å²) in [5.74, 6) is -0.265. The quantitative estimate of drug-likeness (QED) is 0.857. The van der Waals surface area contributed by atoms with E-state index in [0.29, 0.717) is 12.2 Å². The molecule has 0 aliphatic carbocycles. The Hall–Kier alpha value is -2.43. The summed E-state index contributed by atoms with van der Waals surface area (Å²) in [6, 6.07) is 6.40. The second-order valence-electron chi connectivity index (χ2n) is 4.85. The van der Waals surface area contributed by atoms with Gasteiger partial charge in [0, 0.05) is 25.0 Å². The molecular weight excluding hydrogens is 255 g/mol. The minimum Gasteiger partial charge on any atom is -0.362 e. The molecule has 20 heavy (non-hydrogen) atoms. The Bertz CT molecular complexity index is 641. The smallest absolute Gasteiger partial charge is 0.123 e. The van der Waals surface area contributed by atoms with E-state index in [2.05, 4.69) is 19.8 Å². The van der Waals surface area contributed by atoms with Crippen LogP contribution in [-0.4, -0.2) is 33.5 Å². The SMILES string of the molecule is CN1C=CN(Cc2cncc(-c3cccc(F)c3)n2)C1. The van der Waals surface area contributed by atoms with Crippen LogP contribution in [0.15, 0.2) is 49.1 Å². The van der Waals surface area contributed by atoms with Gasteiger partial charge >= 0.3 is 0 Å². The fraction of sp³-hybridized carbons (Fsp3) is 0.200. The van der Waals surface area contributed by atoms with Crippen LogP contribution in [0.5, 0.6) is 0 Å². The molecule has 0 N–H and O–H groups in total. The maximum Gasteiger partial charge on any atom is 0.123 e. The molecule has 2 aromatic rings. The van der Waals surface area contributed by atoms with Crippen molar-refractivity contribution in [1.82, 2.24) is 19.8 Å². The molecule has 0 saturated carbocycles. The van der Waals surface area contributed by atoms with E-state index in [9.17, 15) is 4.39 Å². The van der Waals surface area contributed by atoms with Gasteiger partial charge in [0.2, 0.25) is 0 Å². The molecule has 0 saturated heterocycles. The monoisotopic (exact) mass is 270 g/mol. The molecule has 1 aromatic carbocycles. The van der Waals surface area contributed by atoms with Crippen molar-refractivity contribution >= 4 is 0 Å². The van der Waals surface area contributed by atoms with Crippen LogP contribution in [0.25, 0.3) is 11.3 Å². The molecule has 102 valence electrons. The highest BCUT2D eigenvalue weighted by molar-refractivity contribution is 5.57. The van der Waals surface area contributed by atoms with E-state index < -0.39 is 0 Å². The number of rotatable bonds is 3. The molecule has 0 unspecified atom stereocenters. The lowest BCUT2D eigenvalue weighted by atomic mass is 10.1. The summed E-state index contributed by atoms with van der Waals surface area (Å²) in [5.41, 5.74) is 2.30. The van der Waals surface area contributed by atoms with Crippen LogP contribution in [0.2, 0.25) is 0 Å². The van der Waals surface area contributed by atoms with Gasteiger partial charge in [0.15, 0.2) is 0 Å².